The lowest BCUT2D eigenvalue weighted by molar-refractivity contribution is 0.114. The standard InChI is InChI=1S/C44H74O4/c1-5-7-9-11-13-15-17-19-33-45-35-29-39(3)31-37-47-43-25-21-41(22-26-43)42-23-27-44(28-24-42)48-38-32-40(4)30-36-46-34-20-18-16-14-12-10-8-6-2/h21-28,39-40H,5-20,29-38H2,1-4H3. The zero-order valence-corrected chi connectivity index (χ0v) is 31.8. The van der Waals surface area contributed by atoms with Gasteiger partial charge in [0.2, 0.25) is 0 Å². The molecule has 0 aliphatic heterocycles. The molecule has 48 heavy (non-hydrogen) atoms. The third-order valence-electron chi connectivity index (χ3n) is 9.60. The maximum absolute atomic E-state index is 6.05. The van der Waals surface area contributed by atoms with Crippen molar-refractivity contribution in [3.8, 4) is 22.6 Å². The van der Waals surface area contributed by atoms with E-state index in [9.17, 15) is 0 Å². The summed E-state index contributed by atoms with van der Waals surface area (Å²) in [6, 6.07) is 16.9. The molecule has 0 saturated carbocycles. The van der Waals surface area contributed by atoms with Crippen molar-refractivity contribution >= 4 is 0 Å². The van der Waals surface area contributed by atoms with Gasteiger partial charge < -0.3 is 18.9 Å². The zero-order chi connectivity index (χ0) is 34.3. The van der Waals surface area contributed by atoms with Gasteiger partial charge >= 0.3 is 0 Å². The molecule has 4 heteroatoms. The van der Waals surface area contributed by atoms with Crippen LogP contribution in [-0.4, -0.2) is 39.6 Å². The minimum absolute atomic E-state index is 0.607. The van der Waals surface area contributed by atoms with E-state index in [2.05, 4.69) is 76.2 Å². The minimum Gasteiger partial charge on any atom is -0.494 e. The summed E-state index contributed by atoms with van der Waals surface area (Å²) in [5.74, 6) is 3.08. The van der Waals surface area contributed by atoms with Crippen LogP contribution in [0.1, 0.15) is 156 Å². The maximum atomic E-state index is 6.05. The molecule has 0 amide bonds. The fraction of sp³-hybridized carbons (Fsp3) is 0.727. The molecule has 0 fully saturated rings. The first kappa shape index (κ1) is 42.1. The van der Waals surface area contributed by atoms with Gasteiger partial charge in [0.05, 0.1) is 13.2 Å². The van der Waals surface area contributed by atoms with Crippen molar-refractivity contribution in [2.75, 3.05) is 39.6 Å². The first-order valence-corrected chi connectivity index (χ1v) is 20.2. The average Bonchev–Trinajstić information content (AvgIpc) is 3.10. The first-order chi connectivity index (χ1) is 23.6. The Labute approximate surface area is 297 Å². The number of rotatable bonds is 33. The number of unbranched alkanes of at least 4 members (excludes halogenated alkanes) is 14. The Kier molecular flexibility index (Phi) is 26.2. The predicted octanol–water partition coefficient (Wildman–Crippen LogP) is 13.3. The van der Waals surface area contributed by atoms with Gasteiger partial charge in [-0.15, -0.1) is 0 Å². The molecule has 0 aliphatic rings. The van der Waals surface area contributed by atoms with Crippen molar-refractivity contribution in [3.05, 3.63) is 48.5 Å². The monoisotopic (exact) mass is 667 g/mol. The summed E-state index contributed by atoms with van der Waals surface area (Å²) in [7, 11) is 0. The lowest BCUT2D eigenvalue weighted by Gasteiger charge is -2.13. The smallest absolute Gasteiger partial charge is 0.119 e. The summed E-state index contributed by atoms with van der Waals surface area (Å²) in [4.78, 5) is 0. The summed E-state index contributed by atoms with van der Waals surface area (Å²) >= 11 is 0. The average molecular weight is 667 g/mol. The van der Waals surface area contributed by atoms with Crippen LogP contribution in [0.3, 0.4) is 0 Å². The minimum atomic E-state index is 0.607. The fourth-order valence-electron chi connectivity index (χ4n) is 5.98. The molecule has 2 unspecified atom stereocenters. The summed E-state index contributed by atoms with van der Waals surface area (Å²) < 4.78 is 23.9. The van der Waals surface area contributed by atoms with Crippen molar-refractivity contribution in [2.24, 2.45) is 11.8 Å². The molecule has 2 rings (SSSR count). The molecular weight excluding hydrogens is 592 g/mol. The third-order valence-corrected chi connectivity index (χ3v) is 9.60. The largest absolute Gasteiger partial charge is 0.494 e. The molecule has 2 aromatic carbocycles. The van der Waals surface area contributed by atoms with E-state index in [0.717, 1.165) is 76.8 Å². The molecule has 0 aliphatic carbocycles. The molecule has 0 bridgehead atoms. The van der Waals surface area contributed by atoms with E-state index in [4.69, 9.17) is 18.9 Å². The molecule has 0 N–H and O–H groups in total. The summed E-state index contributed by atoms with van der Waals surface area (Å²) in [6.45, 7) is 14.2. The first-order valence-electron chi connectivity index (χ1n) is 20.2. The Morgan fingerprint density at radius 1 is 0.375 bits per heavy atom. The highest BCUT2D eigenvalue weighted by atomic mass is 16.5. The van der Waals surface area contributed by atoms with Crippen molar-refractivity contribution in [2.45, 2.75) is 156 Å². The van der Waals surface area contributed by atoms with Gasteiger partial charge in [-0.25, -0.2) is 0 Å². The van der Waals surface area contributed by atoms with Crippen LogP contribution in [0, 0.1) is 11.8 Å². The third kappa shape index (κ3) is 22.6. The van der Waals surface area contributed by atoms with Crippen molar-refractivity contribution in [1.29, 1.82) is 0 Å². The van der Waals surface area contributed by atoms with Gasteiger partial charge in [0.25, 0.3) is 0 Å². The molecule has 274 valence electrons. The highest BCUT2D eigenvalue weighted by Crippen LogP contribution is 2.25. The molecule has 4 nitrogen and oxygen atoms in total. The predicted molar refractivity (Wildman–Crippen MR) is 207 cm³/mol. The van der Waals surface area contributed by atoms with E-state index >= 15 is 0 Å². The molecule has 0 spiro atoms. The van der Waals surface area contributed by atoms with Crippen LogP contribution in [-0.2, 0) is 9.47 Å². The van der Waals surface area contributed by atoms with E-state index in [0.29, 0.717) is 11.8 Å². The van der Waals surface area contributed by atoms with Crippen molar-refractivity contribution < 1.29 is 18.9 Å². The van der Waals surface area contributed by atoms with Crippen LogP contribution in [0.15, 0.2) is 48.5 Å². The van der Waals surface area contributed by atoms with Gasteiger partial charge in [-0.05, 0) is 85.8 Å². The number of benzene rings is 2. The number of ether oxygens (including phenoxy) is 4. The van der Waals surface area contributed by atoms with Crippen LogP contribution in [0.2, 0.25) is 0 Å². The van der Waals surface area contributed by atoms with Crippen molar-refractivity contribution in [1.82, 2.24) is 0 Å². The molecule has 0 radical (unpaired) electrons. The summed E-state index contributed by atoms with van der Waals surface area (Å²) in [5, 5.41) is 0. The van der Waals surface area contributed by atoms with Crippen molar-refractivity contribution in [3.63, 3.8) is 0 Å². The van der Waals surface area contributed by atoms with Crippen LogP contribution in [0.4, 0.5) is 0 Å². The van der Waals surface area contributed by atoms with Crippen LogP contribution in [0.5, 0.6) is 11.5 Å². The number of hydrogen-bond donors (Lipinski definition) is 0. The summed E-state index contributed by atoms with van der Waals surface area (Å²) in [5.41, 5.74) is 2.38. The topological polar surface area (TPSA) is 36.9 Å². The van der Waals surface area contributed by atoms with E-state index in [1.807, 2.05) is 0 Å². The highest BCUT2D eigenvalue weighted by molar-refractivity contribution is 5.64. The van der Waals surface area contributed by atoms with Gasteiger partial charge in [-0.3, -0.25) is 0 Å². The van der Waals surface area contributed by atoms with Crippen LogP contribution < -0.4 is 9.47 Å². The quantitative estimate of drug-likeness (QED) is 0.0710. The second-order valence-corrected chi connectivity index (χ2v) is 14.3. The second kappa shape index (κ2) is 29.8. The van der Waals surface area contributed by atoms with E-state index in [1.165, 1.54) is 114 Å². The Bertz CT molecular complexity index is 877. The normalized spacial score (nSPS) is 12.7. The molecule has 0 aromatic heterocycles. The van der Waals surface area contributed by atoms with Gasteiger partial charge in [-0.1, -0.05) is 142 Å². The van der Waals surface area contributed by atoms with E-state index in [-0.39, 0.29) is 0 Å². The zero-order valence-electron chi connectivity index (χ0n) is 31.8. The lowest BCUT2D eigenvalue weighted by atomic mass is 10.0. The molecule has 0 heterocycles. The Balaban J connectivity index is 1.48. The lowest BCUT2D eigenvalue weighted by Crippen LogP contribution is -2.08. The molecular formula is C44H74O4. The highest BCUT2D eigenvalue weighted by Gasteiger charge is 2.06. The Hall–Kier alpha value is -2.04. The van der Waals surface area contributed by atoms with Gasteiger partial charge in [-0.2, -0.15) is 0 Å². The van der Waals surface area contributed by atoms with E-state index < -0.39 is 0 Å². The fourth-order valence-corrected chi connectivity index (χ4v) is 5.98. The SMILES string of the molecule is CCCCCCCCCCOCCC(C)CCOc1ccc(-c2ccc(OCCC(C)CCOCCCCCCCCCC)cc2)cc1. The van der Waals surface area contributed by atoms with Crippen LogP contribution in [0.25, 0.3) is 11.1 Å². The van der Waals surface area contributed by atoms with Crippen LogP contribution >= 0.6 is 0 Å². The van der Waals surface area contributed by atoms with Gasteiger partial charge in [0.1, 0.15) is 11.5 Å². The molecule has 2 aromatic rings. The molecule has 2 atom stereocenters. The van der Waals surface area contributed by atoms with Gasteiger partial charge in [0.15, 0.2) is 0 Å². The summed E-state index contributed by atoms with van der Waals surface area (Å²) in [6.07, 6.45) is 25.9. The molecule has 0 saturated heterocycles. The Morgan fingerprint density at radius 2 is 0.688 bits per heavy atom. The number of hydrogen-bond acceptors (Lipinski definition) is 4. The maximum Gasteiger partial charge on any atom is 0.119 e. The second-order valence-electron chi connectivity index (χ2n) is 14.3. The van der Waals surface area contributed by atoms with E-state index in [1.54, 1.807) is 0 Å². The Morgan fingerprint density at radius 3 is 1.04 bits per heavy atom. The van der Waals surface area contributed by atoms with Gasteiger partial charge in [0, 0.05) is 26.4 Å².